The van der Waals surface area contributed by atoms with Gasteiger partial charge in [0.15, 0.2) is 0 Å². The standard InChI is InChI=1S/C30H20N2/c1-5-13-25-21(9-1)17-22-10-2-6-14-26(22)29(25)19-31-32-20-30-27-15-7-3-11-23(27)18-24-12-4-8-16-28(24)30/h1-20H/b31-19-,32-20-. The normalized spacial score (nSPS) is 12.1. The van der Waals surface area contributed by atoms with E-state index in [4.69, 9.17) is 0 Å². The van der Waals surface area contributed by atoms with Crippen LogP contribution in [0, 0.1) is 0 Å². The van der Waals surface area contributed by atoms with Crippen LogP contribution in [0.25, 0.3) is 43.1 Å². The van der Waals surface area contributed by atoms with Gasteiger partial charge in [0.2, 0.25) is 0 Å². The SMILES string of the molecule is C(=N/N=C\c1c2ccccc2cc2ccccc12)/c1c2ccccc2cc2ccccc12. The van der Waals surface area contributed by atoms with Crippen molar-refractivity contribution in [1.82, 2.24) is 0 Å². The predicted molar refractivity (Wildman–Crippen MR) is 138 cm³/mol. The predicted octanol–water partition coefficient (Wildman–Crippen LogP) is 7.75. The molecule has 0 unspecified atom stereocenters. The minimum Gasteiger partial charge on any atom is -0.158 e. The van der Waals surface area contributed by atoms with E-state index in [0.717, 1.165) is 11.1 Å². The van der Waals surface area contributed by atoms with Crippen molar-refractivity contribution < 1.29 is 0 Å². The van der Waals surface area contributed by atoms with Crippen LogP contribution in [0.15, 0.2) is 119 Å². The van der Waals surface area contributed by atoms with Gasteiger partial charge in [-0.25, -0.2) is 0 Å². The van der Waals surface area contributed by atoms with Crippen LogP contribution in [-0.4, -0.2) is 12.4 Å². The molecule has 0 N–H and O–H groups in total. The number of fused-ring (bicyclic) bond motifs is 4. The van der Waals surface area contributed by atoms with Crippen molar-refractivity contribution in [3.8, 4) is 0 Å². The second-order valence-electron chi connectivity index (χ2n) is 7.95. The molecule has 0 saturated heterocycles. The molecule has 6 aromatic carbocycles. The zero-order chi connectivity index (χ0) is 21.3. The van der Waals surface area contributed by atoms with Gasteiger partial charge >= 0.3 is 0 Å². The summed E-state index contributed by atoms with van der Waals surface area (Å²) in [5.74, 6) is 0. The van der Waals surface area contributed by atoms with Crippen LogP contribution in [0.1, 0.15) is 11.1 Å². The number of benzene rings is 6. The van der Waals surface area contributed by atoms with E-state index in [1.165, 1.54) is 43.1 Å². The van der Waals surface area contributed by atoms with E-state index >= 15 is 0 Å². The molecule has 0 aliphatic rings. The quantitative estimate of drug-likeness (QED) is 0.162. The summed E-state index contributed by atoms with van der Waals surface area (Å²) in [6.07, 6.45) is 3.77. The molecule has 0 bridgehead atoms. The fourth-order valence-corrected chi connectivity index (χ4v) is 4.56. The molecule has 0 heterocycles. The van der Waals surface area contributed by atoms with Gasteiger partial charge in [-0.05, 0) is 55.2 Å². The lowest BCUT2D eigenvalue weighted by atomic mass is 9.97. The molecule has 0 spiro atoms. The smallest absolute Gasteiger partial charge is 0.0580 e. The lowest BCUT2D eigenvalue weighted by Gasteiger charge is -2.08. The summed E-state index contributed by atoms with van der Waals surface area (Å²) in [6.45, 7) is 0. The Morgan fingerprint density at radius 3 is 0.969 bits per heavy atom. The minimum atomic E-state index is 1.10. The van der Waals surface area contributed by atoms with Gasteiger partial charge in [0, 0.05) is 11.1 Å². The lowest BCUT2D eigenvalue weighted by molar-refractivity contribution is 1.27. The van der Waals surface area contributed by atoms with Crippen molar-refractivity contribution in [3.05, 3.63) is 120 Å². The van der Waals surface area contributed by atoms with Gasteiger partial charge in [0.1, 0.15) is 0 Å². The molecule has 0 aliphatic carbocycles. The molecule has 0 saturated carbocycles. The van der Waals surface area contributed by atoms with E-state index in [2.05, 4.69) is 119 Å². The van der Waals surface area contributed by atoms with Crippen molar-refractivity contribution in [2.45, 2.75) is 0 Å². The highest BCUT2D eigenvalue weighted by Gasteiger charge is 2.06. The van der Waals surface area contributed by atoms with Crippen LogP contribution in [0.2, 0.25) is 0 Å². The first-order chi connectivity index (χ1) is 15.9. The maximum atomic E-state index is 4.50. The molecule has 0 fully saturated rings. The van der Waals surface area contributed by atoms with E-state index in [0.29, 0.717) is 0 Å². The van der Waals surface area contributed by atoms with Crippen LogP contribution in [-0.2, 0) is 0 Å². The summed E-state index contributed by atoms with van der Waals surface area (Å²) in [5, 5.41) is 18.5. The Labute approximate surface area is 186 Å². The van der Waals surface area contributed by atoms with Crippen LogP contribution >= 0.6 is 0 Å². The molecule has 2 nitrogen and oxygen atoms in total. The van der Waals surface area contributed by atoms with Crippen molar-refractivity contribution in [2.24, 2.45) is 10.2 Å². The van der Waals surface area contributed by atoms with Crippen molar-refractivity contribution in [3.63, 3.8) is 0 Å². The Hall–Kier alpha value is -4.30. The first kappa shape index (κ1) is 18.5. The Morgan fingerprint density at radius 1 is 0.375 bits per heavy atom. The zero-order valence-corrected chi connectivity index (χ0v) is 17.4. The third kappa shape index (κ3) is 3.14. The molecule has 32 heavy (non-hydrogen) atoms. The van der Waals surface area contributed by atoms with Gasteiger partial charge in [-0.2, -0.15) is 10.2 Å². The summed E-state index contributed by atoms with van der Waals surface area (Å²) in [7, 11) is 0. The second-order valence-corrected chi connectivity index (χ2v) is 7.95. The summed E-state index contributed by atoms with van der Waals surface area (Å²) < 4.78 is 0. The van der Waals surface area contributed by atoms with Crippen molar-refractivity contribution >= 4 is 55.5 Å². The fraction of sp³-hybridized carbons (Fsp3) is 0. The number of hydrogen-bond donors (Lipinski definition) is 0. The molecule has 150 valence electrons. The average molecular weight is 409 g/mol. The van der Waals surface area contributed by atoms with Crippen molar-refractivity contribution in [1.29, 1.82) is 0 Å². The Kier molecular flexibility index (Phi) is 4.47. The Balaban J connectivity index is 1.49. The summed E-state index contributed by atoms with van der Waals surface area (Å²) >= 11 is 0. The van der Waals surface area contributed by atoms with E-state index in [-0.39, 0.29) is 0 Å². The molecule has 0 atom stereocenters. The van der Waals surface area contributed by atoms with E-state index in [9.17, 15) is 0 Å². The molecule has 6 aromatic rings. The van der Waals surface area contributed by atoms with Gasteiger partial charge in [-0.3, -0.25) is 0 Å². The highest BCUT2D eigenvalue weighted by molar-refractivity contribution is 6.15. The molecule has 6 rings (SSSR count). The van der Waals surface area contributed by atoms with Crippen LogP contribution < -0.4 is 0 Å². The van der Waals surface area contributed by atoms with Crippen LogP contribution in [0.3, 0.4) is 0 Å². The molecular weight excluding hydrogens is 388 g/mol. The summed E-state index contributed by atoms with van der Waals surface area (Å²) in [6, 6.07) is 38.2. The van der Waals surface area contributed by atoms with Crippen LogP contribution in [0.5, 0.6) is 0 Å². The largest absolute Gasteiger partial charge is 0.158 e. The average Bonchev–Trinajstić information content (AvgIpc) is 2.85. The minimum absolute atomic E-state index is 1.10. The third-order valence-corrected chi connectivity index (χ3v) is 6.07. The highest BCUT2D eigenvalue weighted by Crippen LogP contribution is 2.28. The van der Waals surface area contributed by atoms with Crippen molar-refractivity contribution in [2.75, 3.05) is 0 Å². The molecular formula is C30H20N2. The molecule has 0 aromatic heterocycles. The number of rotatable bonds is 3. The monoisotopic (exact) mass is 408 g/mol. The Morgan fingerprint density at radius 2 is 0.656 bits per heavy atom. The molecule has 2 heteroatoms. The van der Waals surface area contributed by atoms with E-state index < -0.39 is 0 Å². The number of hydrogen-bond acceptors (Lipinski definition) is 2. The zero-order valence-electron chi connectivity index (χ0n) is 17.4. The van der Waals surface area contributed by atoms with Gasteiger partial charge in [-0.15, -0.1) is 0 Å². The van der Waals surface area contributed by atoms with E-state index in [1.54, 1.807) is 0 Å². The molecule has 0 amide bonds. The van der Waals surface area contributed by atoms with Crippen LogP contribution in [0.4, 0.5) is 0 Å². The van der Waals surface area contributed by atoms with Gasteiger partial charge in [0.05, 0.1) is 12.4 Å². The first-order valence-corrected chi connectivity index (χ1v) is 10.8. The molecule has 0 radical (unpaired) electrons. The van der Waals surface area contributed by atoms with E-state index in [1.807, 2.05) is 12.4 Å². The topological polar surface area (TPSA) is 24.7 Å². The summed E-state index contributed by atoms with van der Waals surface area (Å²) in [4.78, 5) is 0. The third-order valence-electron chi connectivity index (χ3n) is 6.07. The Bertz CT molecular complexity index is 1440. The van der Waals surface area contributed by atoms with Gasteiger partial charge in [0.25, 0.3) is 0 Å². The summed E-state index contributed by atoms with van der Waals surface area (Å²) in [5.41, 5.74) is 2.19. The first-order valence-electron chi connectivity index (χ1n) is 10.8. The maximum Gasteiger partial charge on any atom is 0.0580 e. The maximum absolute atomic E-state index is 4.50. The second kappa shape index (κ2) is 7.75. The van der Waals surface area contributed by atoms with Gasteiger partial charge in [-0.1, -0.05) is 97.1 Å². The lowest BCUT2D eigenvalue weighted by Crippen LogP contribution is -1.89. The molecule has 0 aliphatic heterocycles. The van der Waals surface area contributed by atoms with Gasteiger partial charge < -0.3 is 0 Å². The number of nitrogens with zero attached hydrogens (tertiary/aromatic N) is 2. The fourth-order valence-electron chi connectivity index (χ4n) is 4.56. The highest BCUT2D eigenvalue weighted by atomic mass is 15.2.